The number of nitrogens with zero attached hydrogens (tertiary/aromatic N) is 1. The van der Waals surface area contributed by atoms with Crippen molar-refractivity contribution in [2.45, 2.75) is 52.2 Å². The van der Waals surface area contributed by atoms with E-state index in [0.29, 0.717) is 32.2 Å². The van der Waals surface area contributed by atoms with Crippen LogP contribution in [0.4, 0.5) is 0 Å². The molecule has 6 heteroatoms. The molecule has 122 valence electrons. The second-order valence-electron chi connectivity index (χ2n) is 5.66. The Bertz CT molecular complexity index is 334. The Morgan fingerprint density at radius 1 is 1.29 bits per heavy atom. The van der Waals surface area contributed by atoms with Crippen molar-refractivity contribution in [3.8, 4) is 0 Å². The summed E-state index contributed by atoms with van der Waals surface area (Å²) in [5.74, 6) is -1.09. The second kappa shape index (κ2) is 9.73. The van der Waals surface area contributed by atoms with Gasteiger partial charge < -0.3 is 15.4 Å². The fourth-order valence-corrected chi connectivity index (χ4v) is 2.51. The molecule has 1 saturated heterocycles. The fourth-order valence-electron chi connectivity index (χ4n) is 2.51. The van der Waals surface area contributed by atoms with E-state index >= 15 is 0 Å². The number of rotatable bonds is 8. The van der Waals surface area contributed by atoms with E-state index in [1.165, 1.54) is 0 Å². The van der Waals surface area contributed by atoms with Gasteiger partial charge in [-0.05, 0) is 46.2 Å². The van der Waals surface area contributed by atoms with Crippen LogP contribution in [0, 0.1) is 0 Å². The second-order valence-corrected chi connectivity index (χ2v) is 5.66. The van der Waals surface area contributed by atoms with Crippen LogP contribution in [0.1, 0.15) is 40.0 Å². The Labute approximate surface area is 127 Å². The van der Waals surface area contributed by atoms with Gasteiger partial charge in [0.25, 0.3) is 0 Å². The highest BCUT2D eigenvalue weighted by molar-refractivity contribution is 6.35. The summed E-state index contributed by atoms with van der Waals surface area (Å²) in [6, 6.07) is 0.367. The third-order valence-electron chi connectivity index (χ3n) is 3.67. The highest BCUT2D eigenvalue weighted by Crippen LogP contribution is 2.15. The molecule has 1 atom stereocenters. The van der Waals surface area contributed by atoms with Crippen LogP contribution < -0.4 is 10.6 Å². The molecule has 0 bridgehead atoms. The number of amides is 2. The van der Waals surface area contributed by atoms with Gasteiger partial charge in [0.15, 0.2) is 0 Å². The molecule has 2 N–H and O–H groups in total. The fraction of sp³-hybridized carbons (Fsp3) is 0.867. The van der Waals surface area contributed by atoms with Crippen LogP contribution in [0.25, 0.3) is 0 Å². The first kappa shape index (κ1) is 17.9. The van der Waals surface area contributed by atoms with E-state index in [0.717, 1.165) is 25.9 Å². The van der Waals surface area contributed by atoms with E-state index in [4.69, 9.17) is 4.74 Å². The molecule has 1 aliphatic rings. The lowest BCUT2D eigenvalue weighted by atomic mass is 10.2. The summed E-state index contributed by atoms with van der Waals surface area (Å²) in [7, 11) is 0. The molecule has 0 aromatic rings. The minimum absolute atomic E-state index is 0.192. The molecule has 0 aliphatic carbocycles. The van der Waals surface area contributed by atoms with Crippen LogP contribution in [-0.4, -0.2) is 61.6 Å². The molecule has 1 heterocycles. The molecule has 1 rings (SSSR count). The van der Waals surface area contributed by atoms with Gasteiger partial charge in [-0.2, -0.15) is 0 Å². The summed E-state index contributed by atoms with van der Waals surface area (Å²) in [6.45, 7) is 9.73. The monoisotopic (exact) mass is 299 g/mol. The number of nitrogens with one attached hydrogen (secondary N) is 2. The largest absolute Gasteiger partial charge is 0.379 e. The number of likely N-dealkylation sites (tertiary alicyclic amines) is 1. The Morgan fingerprint density at radius 2 is 2.00 bits per heavy atom. The number of likely N-dealkylation sites (N-methyl/N-ethyl adjacent to an activating group) is 1. The van der Waals surface area contributed by atoms with Gasteiger partial charge in [-0.3, -0.25) is 14.5 Å². The molecule has 0 saturated carbocycles. The third kappa shape index (κ3) is 6.91. The Morgan fingerprint density at radius 3 is 2.67 bits per heavy atom. The maximum Gasteiger partial charge on any atom is 0.309 e. The van der Waals surface area contributed by atoms with Gasteiger partial charge in [-0.15, -0.1) is 0 Å². The maximum absolute atomic E-state index is 11.7. The van der Waals surface area contributed by atoms with E-state index in [9.17, 15) is 9.59 Å². The van der Waals surface area contributed by atoms with E-state index in [1.54, 1.807) is 0 Å². The highest BCUT2D eigenvalue weighted by Gasteiger charge is 2.24. The van der Waals surface area contributed by atoms with E-state index < -0.39 is 11.8 Å². The quantitative estimate of drug-likeness (QED) is 0.506. The van der Waals surface area contributed by atoms with Crippen LogP contribution >= 0.6 is 0 Å². The average Bonchev–Trinajstić information content (AvgIpc) is 2.91. The predicted molar refractivity (Wildman–Crippen MR) is 82.0 cm³/mol. The van der Waals surface area contributed by atoms with Crippen LogP contribution in [-0.2, 0) is 14.3 Å². The molecule has 6 nitrogen and oxygen atoms in total. The molecule has 0 radical (unpaired) electrons. The van der Waals surface area contributed by atoms with E-state index in [-0.39, 0.29) is 6.10 Å². The SMILES string of the molecule is CCN1CCCC1CNC(=O)C(=O)NCCCOC(C)C. The summed E-state index contributed by atoms with van der Waals surface area (Å²) in [5, 5.41) is 5.34. The topological polar surface area (TPSA) is 70.7 Å². The number of hydrogen-bond donors (Lipinski definition) is 2. The van der Waals surface area contributed by atoms with Gasteiger partial charge in [-0.25, -0.2) is 0 Å². The Balaban J connectivity index is 2.12. The van der Waals surface area contributed by atoms with E-state index in [2.05, 4.69) is 22.5 Å². The third-order valence-corrected chi connectivity index (χ3v) is 3.67. The van der Waals surface area contributed by atoms with E-state index in [1.807, 2.05) is 13.8 Å². The van der Waals surface area contributed by atoms with Crippen molar-refractivity contribution in [3.63, 3.8) is 0 Å². The molecule has 1 aliphatic heterocycles. The smallest absolute Gasteiger partial charge is 0.309 e. The molecule has 1 unspecified atom stereocenters. The minimum Gasteiger partial charge on any atom is -0.379 e. The van der Waals surface area contributed by atoms with Gasteiger partial charge in [0.1, 0.15) is 0 Å². The van der Waals surface area contributed by atoms with Crippen molar-refractivity contribution < 1.29 is 14.3 Å². The van der Waals surface area contributed by atoms with Crippen LogP contribution in [0.15, 0.2) is 0 Å². The molecule has 0 aromatic heterocycles. The minimum atomic E-state index is -0.555. The summed E-state index contributed by atoms with van der Waals surface area (Å²) < 4.78 is 5.37. The first-order valence-corrected chi connectivity index (χ1v) is 7.96. The molecule has 0 aromatic carbocycles. The normalized spacial score (nSPS) is 19.0. The van der Waals surface area contributed by atoms with Gasteiger partial charge >= 0.3 is 11.8 Å². The van der Waals surface area contributed by atoms with Gasteiger partial charge in [0.2, 0.25) is 0 Å². The zero-order valence-electron chi connectivity index (χ0n) is 13.5. The molecular weight excluding hydrogens is 270 g/mol. The molecular formula is C15H29N3O3. The van der Waals surface area contributed by atoms with Gasteiger partial charge in [-0.1, -0.05) is 6.92 Å². The average molecular weight is 299 g/mol. The summed E-state index contributed by atoms with van der Waals surface area (Å²) in [6.07, 6.45) is 3.15. The van der Waals surface area contributed by atoms with Crippen molar-refractivity contribution in [3.05, 3.63) is 0 Å². The lowest BCUT2D eigenvalue weighted by Crippen LogP contribution is -2.45. The number of ether oxygens (including phenoxy) is 1. The maximum atomic E-state index is 11.7. The van der Waals surface area contributed by atoms with Crippen molar-refractivity contribution in [2.75, 3.05) is 32.8 Å². The molecule has 2 amide bonds. The zero-order valence-corrected chi connectivity index (χ0v) is 13.5. The lowest BCUT2D eigenvalue weighted by molar-refractivity contribution is -0.139. The predicted octanol–water partition coefficient (Wildman–Crippen LogP) is 0.518. The Kier molecular flexibility index (Phi) is 8.30. The number of carbonyl (C=O) groups excluding carboxylic acids is 2. The molecule has 0 spiro atoms. The first-order valence-electron chi connectivity index (χ1n) is 7.96. The van der Waals surface area contributed by atoms with Crippen LogP contribution in [0.3, 0.4) is 0 Å². The van der Waals surface area contributed by atoms with Crippen LogP contribution in [0.5, 0.6) is 0 Å². The summed E-state index contributed by atoms with van der Waals surface area (Å²) in [5.41, 5.74) is 0. The molecule has 1 fully saturated rings. The van der Waals surface area contributed by atoms with Gasteiger partial charge in [0.05, 0.1) is 6.10 Å². The first-order chi connectivity index (χ1) is 10.0. The Hall–Kier alpha value is -1.14. The standard InChI is InChI=1S/C15H29N3O3/c1-4-18-9-5-7-13(18)11-17-15(20)14(19)16-8-6-10-21-12(2)3/h12-13H,4-11H2,1-3H3,(H,16,19)(H,17,20). The summed E-state index contributed by atoms with van der Waals surface area (Å²) in [4.78, 5) is 25.6. The summed E-state index contributed by atoms with van der Waals surface area (Å²) >= 11 is 0. The zero-order chi connectivity index (χ0) is 15.7. The highest BCUT2D eigenvalue weighted by atomic mass is 16.5. The van der Waals surface area contributed by atoms with Crippen molar-refractivity contribution in [2.24, 2.45) is 0 Å². The van der Waals surface area contributed by atoms with Crippen molar-refractivity contribution in [1.82, 2.24) is 15.5 Å². The number of carbonyl (C=O) groups is 2. The van der Waals surface area contributed by atoms with Gasteiger partial charge in [0, 0.05) is 25.7 Å². The van der Waals surface area contributed by atoms with Crippen LogP contribution in [0.2, 0.25) is 0 Å². The lowest BCUT2D eigenvalue weighted by Gasteiger charge is -2.22. The number of hydrogen-bond acceptors (Lipinski definition) is 4. The van der Waals surface area contributed by atoms with Crippen molar-refractivity contribution in [1.29, 1.82) is 0 Å². The molecule has 21 heavy (non-hydrogen) atoms. The van der Waals surface area contributed by atoms with Crippen molar-refractivity contribution >= 4 is 11.8 Å².